The normalized spacial score (nSPS) is 17.4. The Kier molecular flexibility index (Phi) is 7.04. The maximum Gasteiger partial charge on any atom is 0.229 e. The number of hydrogen-bond donors (Lipinski definition) is 2. The molecule has 0 spiro atoms. The van der Waals surface area contributed by atoms with Gasteiger partial charge in [-0.1, -0.05) is 29.8 Å². The molecule has 2 atom stereocenters. The van der Waals surface area contributed by atoms with Crippen LogP contribution in [0.3, 0.4) is 0 Å². The number of furan rings is 1. The molecule has 5 rings (SSSR count). The number of sulfonamides is 1. The van der Waals surface area contributed by atoms with Crippen molar-refractivity contribution < 1.29 is 17.6 Å². The average molecular weight is 569 g/mol. The van der Waals surface area contributed by atoms with E-state index in [-0.39, 0.29) is 6.04 Å². The van der Waals surface area contributed by atoms with Crippen molar-refractivity contribution in [2.45, 2.75) is 19.0 Å². The van der Waals surface area contributed by atoms with Crippen molar-refractivity contribution in [3.63, 3.8) is 0 Å². The molecule has 2 aromatic carbocycles. The Hall–Kier alpha value is -3.60. The number of nitrogens with one attached hydrogen (secondary N) is 2. The lowest BCUT2D eigenvalue weighted by atomic mass is 10.0. The van der Waals surface area contributed by atoms with Crippen LogP contribution >= 0.6 is 23.8 Å². The van der Waals surface area contributed by atoms with Crippen molar-refractivity contribution in [3.05, 3.63) is 95.0 Å². The summed E-state index contributed by atoms with van der Waals surface area (Å²) in [6.45, 7) is 1.95. The minimum absolute atomic E-state index is 0.316. The predicted molar refractivity (Wildman–Crippen MR) is 153 cm³/mol. The van der Waals surface area contributed by atoms with Crippen LogP contribution < -0.4 is 19.7 Å². The fraction of sp³-hybridized carbons (Fsp3) is 0.185. The van der Waals surface area contributed by atoms with Crippen LogP contribution in [0.4, 0.5) is 11.4 Å². The number of benzene rings is 2. The second kappa shape index (κ2) is 10.3. The predicted octanol–water partition coefficient (Wildman–Crippen LogP) is 5.86. The second-order valence-electron chi connectivity index (χ2n) is 8.92. The van der Waals surface area contributed by atoms with Crippen molar-refractivity contribution in [2.75, 3.05) is 23.0 Å². The molecular formula is C27H25ClN4O4S2. The van der Waals surface area contributed by atoms with Crippen molar-refractivity contribution in [2.24, 2.45) is 0 Å². The van der Waals surface area contributed by atoms with Gasteiger partial charge >= 0.3 is 0 Å². The molecule has 38 heavy (non-hydrogen) atoms. The smallest absolute Gasteiger partial charge is 0.229 e. The topological polar surface area (TPSA) is 96.7 Å². The standard InChI is InChI=1S/C27H25ClN4O4S2/c1-16-7-8-17(14-19(16)28)22-11-12-23(36-22)26-25(21-6-4-5-13-29-21)30-27(37)32(26)18-9-10-20(24(15-18)35-2)31-38(3,33)34/h4-15,25-26,31H,1-3H3,(H,30,37). The van der Waals surface area contributed by atoms with Gasteiger partial charge in [-0.25, -0.2) is 8.42 Å². The Labute approximate surface area is 231 Å². The van der Waals surface area contributed by atoms with E-state index >= 15 is 0 Å². The number of ether oxygens (including phenoxy) is 1. The van der Waals surface area contributed by atoms with Crippen LogP contribution in [-0.4, -0.2) is 31.9 Å². The zero-order valence-electron chi connectivity index (χ0n) is 20.8. The minimum atomic E-state index is -3.49. The highest BCUT2D eigenvalue weighted by Gasteiger charge is 2.42. The lowest BCUT2D eigenvalue weighted by Gasteiger charge is -2.27. The van der Waals surface area contributed by atoms with E-state index in [2.05, 4.69) is 15.0 Å². The van der Waals surface area contributed by atoms with E-state index in [0.29, 0.717) is 38.8 Å². The summed E-state index contributed by atoms with van der Waals surface area (Å²) in [7, 11) is -2.02. The molecule has 2 aromatic heterocycles. The van der Waals surface area contributed by atoms with Gasteiger partial charge in [0.05, 0.1) is 30.8 Å². The molecule has 196 valence electrons. The number of aromatic nitrogens is 1. The molecule has 0 bridgehead atoms. The number of nitrogens with zero attached hydrogens (tertiary/aromatic N) is 2. The van der Waals surface area contributed by atoms with E-state index in [1.807, 2.05) is 60.4 Å². The minimum Gasteiger partial charge on any atom is -0.494 e. The lowest BCUT2D eigenvalue weighted by Crippen LogP contribution is -2.29. The molecule has 0 saturated carbocycles. The molecule has 1 fully saturated rings. The molecule has 1 saturated heterocycles. The van der Waals surface area contributed by atoms with Gasteiger partial charge in [0.25, 0.3) is 0 Å². The molecule has 1 aliphatic heterocycles. The van der Waals surface area contributed by atoms with E-state index in [4.69, 9.17) is 33.0 Å². The van der Waals surface area contributed by atoms with Gasteiger partial charge in [0.2, 0.25) is 10.0 Å². The highest BCUT2D eigenvalue weighted by molar-refractivity contribution is 7.92. The van der Waals surface area contributed by atoms with Gasteiger partial charge in [0.15, 0.2) is 5.11 Å². The van der Waals surface area contributed by atoms with Gasteiger partial charge in [-0.15, -0.1) is 0 Å². The molecule has 3 heterocycles. The van der Waals surface area contributed by atoms with Gasteiger partial charge < -0.3 is 19.4 Å². The third kappa shape index (κ3) is 5.20. The van der Waals surface area contributed by atoms with Crippen LogP contribution in [0.2, 0.25) is 5.02 Å². The van der Waals surface area contributed by atoms with Crippen molar-refractivity contribution in [1.82, 2.24) is 10.3 Å². The third-order valence-electron chi connectivity index (χ3n) is 6.23. The summed E-state index contributed by atoms with van der Waals surface area (Å²) in [5.41, 5.74) is 3.65. The Morgan fingerprint density at radius 2 is 1.95 bits per heavy atom. The molecular weight excluding hydrogens is 544 g/mol. The third-order valence-corrected chi connectivity index (χ3v) is 7.54. The Morgan fingerprint density at radius 3 is 2.63 bits per heavy atom. The number of hydrogen-bond acceptors (Lipinski definition) is 6. The number of anilines is 2. The highest BCUT2D eigenvalue weighted by Crippen LogP contribution is 2.44. The first kappa shape index (κ1) is 26.0. The summed E-state index contributed by atoms with van der Waals surface area (Å²) in [5, 5.41) is 4.51. The monoisotopic (exact) mass is 568 g/mol. The van der Waals surface area contributed by atoms with Crippen LogP contribution in [-0.2, 0) is 10.0 Å². The Balaban J connectivity index is 1.59. The first-order chi connectivity index (χ1) is 18.1. The number of pyridine rings is 1. The lowest BCUT2D eigenvalue weighted by molar-refractivity contribution is 0.416. The summed E-state index contributed by atoms with van der Waals surface area (Å²) in [5.74, 6) is 1.69. The summed E-state index contributed by atoms with van der Waals surface area (Å²) in [6.07, 6.45) is 2.82. The van der Waals surface area contributed by atoms with Gasteiger partial charge in [0, 0.05) is 28.5 Å². The fourth-order valence-electron chi connectivity index (χ4n) is 4.45. The molecule has 8 nitrogen and oxygen atoms in total. The number of rotatable bonds is 7. The average Bonchev–Trinajstić information content (AvgIpc) is 3.50. The number of halogens is 1. The van der Waals surface area contributed by atoms with E-state index in [0.717, 1.165) is 23.1 Å². The zero-order chi connectivity index (χ0) is 27.0. The van der Waals surface area contributed by atoms with E-state index < -0.39 is 16.1 Å². The van der Waals surface area contributed by atoms with Gasteiger partial charge in [-0.05, 0) is 67.2 Å². The molecule has 11 heteroatoms. The van der Waals surface area contributed by atoms with Crippen molar-refractivity contribution in [3.8, 4) is 17.1 Å². The maximum atomic E-state index is 11.8. The fourth-order valence-corrected chi connectivity index (χ4v) is 5.54. The van der Waals surface area contributed by atoms with E-state index in [1.165, 1.54) is 7.11 Å². The van der Waals surface area contributed by atoms with Crippen LogP contribution in [0.1, 0.15) is 29.1 Å². The summed E-state index contributed by atoms with van der Waals surface area (Å²) < 4.78 is 38.0. The molecule has 0 radical (unpaired) electrons. The first-order valence-electron chi connectivity index (χ1n) is 11.7. The molecule has 2 N–H and O–H groups in total. The van der Waals surface area contributed by atoms with Gasteiger partial charge in [-0.3, -0.25) is 9.71 Å². The largest absolute Gasteiger partial charge is 0.494 e. The van der Waals surface area contributed by atoms with E-state index in [9.17, 15) is 8.42 Å². The first-order valence-corrected chi connectivity index (χ1v) is 14.3. The molecule has 0 amide bonds. The molecule has 0 aliphatic carbocycles. The molecule has 4 aromatic rings. The van der Waals surface area contributed by atoms with Crippen LogP contribution in [0.25, 0.3) is 11.3 Å². The molecule has 1 aliphatic rings. The number of methoxy groups -OCH3 is 1. The summed E-state index contributed by atoms with van der Waals surface area (Å²) >= 11 is 12.1. The Morgan fingerprint density at radius 1 is 1.13 bits per heavy atom. The van der Waals surface area contributed by atoms with Crippen LogP contribution in [0.5, 0.6) is 5.75 Å². The number of aryl methyl sites for hydroxylation is 1. The van der Waals surface area contributed by atoms with E-state index in [1.54, 1.807) is 24.4 Å². The van der Waals surface area contributed by atoms with Crippen molar-refractivity contribution >= 4 is 50.3 Å². The van der Waals surface area contributed by atoms with Gasteiger partial charge in [0.1, 0.15) is 23.3 Å². The van der Waals surface area contributed by atoms with Crippen LogP contribution in [0, 0.1) is 6.92 Å². The highest BCUT2D eigenvalue weighted by atomic mass is 35.5. The maximum absolute atomic E-state index is 11.8. The number of thiocarbonyl (C=S) groups is 1. The quantitative estimate of drug-likeness (QED) is 0.268. The zero-order valence-corrected chi connectivity index (χ0v) is 23.2. The molecule has 2 unspecified atom stereocenters. The van der Waals surface area contributed by atoms with Crippen molar-refractivity contribution in [1.29, 1.82) is 0 Å². The Bertz CT molecular complexity index is 1610. The SMILES string of the molecule is COc1cc(N2C(=S)NC(c3ccccn3)C2c2ccc(-c3ccc(C)c(Cl)c3)o2)ccc1NS(C)(=O)=O. The van der Waals surface area contributed by atoms with Gasteiger partial charge in [-0.2, -0.15) is 0 Å². The second-order valence-corrected chi connectivity index (χ2v) is 11.5. The van der Waals surface area contributed by atoms with Crippen LogP contribution in [0.15, 0.2) is 77.3 Å². The summed E-state index contributed by atoms with van der Waals surface area (Å²) in [4.78, 5) is 6.49. The summed E-state index contributed by atoms with van der Waals surface area (Å²) in [6, 6.07) is 19.8.